The molecular weight excluding hydrogens is 253 g/mol. The molecule has 3 nitrogen and oxygen atoms in total. The van der Waals surface area contributed by atoms with E-state index in [0.29, 0.717) is 0 Å². The molecule has 0 aliphatic carbocycles. The highest BCUT2D eigenvalue weighted by Gasteiger charge is 2.21. The summed E-state index contributed by atoms with van der Waals surface area (Å²) in [5.74, 6) is 0.399. The third-order valence-corrected chi connectivity index (χ3v) is 3.31. The van der Waals surface area contributed by atoms with Crippen LogP contribution in [-0.2, 0) is 5.54 Å². The van der Waals surface area contributed by atoms with Crippen LogP contribution in [0.4, 0.5) is 4.39 Å². The van der Waals surface area contributed by atoms with E-state index in [-0.39, 0.29) is 10.6 Å². The zero-order valence-electron chi connectivity index (χ0n) is 10.5. The Labute approximate surface area is 110 Å². The van der Waals surface area contributed by atoms with Crippen LogP contribution in [0, 0.1) is 5.82 Å². The van der Waals surface area contributed by atoms with E-state index < -0.39 is 5.82 Å². The van der Waals surface area contributed by atoms with Gasteiger partial charge < -0.3 is 10.3 Å². The van der Waals surface area contributed by atoms with Crippen molar-refractivity contribution in [3.8, 4) is 11.3 Å². The Kier molecular flexibility index (Phi) is 3.41. The van der Waals surface area contributed by atoms with Crippen LogP contribution in [0.3, 0.4) is 0 Å². The van der Waals surface area contributed by atoms with E-state index in [1.165, 1.54) is 6.07 Å². The maximum atomic E-state index is 13.1. The average Bonchev–Trinajstić information content (AvgIpc) is 2.83. The van der Waals surface area contributed by atoms with Gasteiger partial charge in [-0.25, -0.2) is 9.37 Å². The summed E-state index contributed by atoms with van der Waals surface area (Å²) in [6.07, 6.45) is 1.72. The van der Waals surface area contributed by atoms with Crippen molar-refractivity contribution < 1.29 is 4.39 Å². The SMILES string of the molecule is CNC(C)(C)c1ncc(-c2ccc(F)c(Cl)c2)[nH]1. The minimum atomic E-state index is -0.421. The number of aromatic nitrogens is 2. The molecule has 2 N–H and O–H groups in total. The Morgan fingerprint density at radius 1 is 1.39 bits per heavy atom. The van der Waals surface area contributed by atoms with Gasteiger partial charge in [0.05, 0.1) is 22.5 Å². The van der Waals surface area contributed by atoms with Crippen LogP contribution >= 0.6 is 11.6 Å². The molecule has 0 spiro atoms. The van der Waals surface area contributed by atoms with Crippen LogP contribution in [0.1, 0.15) is 19.7 Å². The molecule has 5 heteroatoms. The Bertz CT molecular complexity index is 563. The second-order valence-electron chi connectivity index (χ2n) is 4.65. The second-order valence-corrected chi connectivity index (χ2v) is 5.06. The molecule has 0 atom stereocenters. The summed E-state index contributed by atoms with van der Waals surface area (Å²) in [4.78, 5) is 7.54. The molecule has 1 heterocycles. The van der Waals surface area contributed by atoms with Crippen molar-refractivity contribution in [3.05, 3.63) is 41.1 Å². The maximum Gasteiger partial charge on any atom is 0.141 e. The Balaban J connectivity index is 2.38. The monoisotopic (exact) mass is 267 g/mol. The predicted molar refractivity (Wildman–Crippen MR) is 71.1 cm³/mol. The van der Waals surface area contributed by atoms with E-state index in [1.54, 1.807) is 18.3 Å². The smallest absolute Gasteiger partial charge is 0.141 e. The number of nitrogens with one attached hydrogen (secondary N) is 2. The van der Waals surface area contributed by atoms with Gasteiger partial charge in [-0.1, -0.05) is 11.6 Å². The zero-order valence-corrected chi connectivity index (χ0v) is 11.3. The van der Waals surface area contributed by atoms with Crippen molar-refractivity contribution in [2.75, 3.05) is 7.05 Å². The number of halogens is 2. The summed E-state index contributed by atoms with van der Waals surface area (Å²) < 4.78 is 13.1. The fraction of sp³-hybridized carbons (Fsp3) is 0.308. The lowest BCUT2D eigenvalue weighted by Gasteiger charge is -2.20. The molecule has 0 unspecified atom stereocenters. The van der Waals surface area contributed by atoms with Crippen molar-refractivity contribution in [1.29, 1.82) is 0 Å². The molecule has 0 amide bonds. The third kappa shape index (κ3) is 2.40. The Morgan fingerprint density at radius 2 is 2.11 bits per heavy atom. The fourth-order valence-corrected chi connectivity index (χ4v) is 1.75. The molecule has 96 valence electrons. The lowest BCUT2D eigenvalue weighted by atomic mass is 10.1. The van der Waals surface area contributed by atoms with E-state index in [9.17, 15) is 4.39 Å². The molecule has 2 rings (SSSR count). The predicted octanol–water partition coefficient (Wildman–Crippen LogP) is 3.32. The van der Waals surface area contributed by atoms with Gasteiger partial charge in [0.2, 0.25) is 0 Å². The lowest BCUT2D eigenvalue weighted by molar-refractivity contribution is 0.421. The molecule has 0 fully saturated rings. The first-order valence-electron chi connectivity index (χ1n) is 5.64. The molecule has 0 saturated carbocycles. The molecule has 2 aromatic rings. The minimum absolute atomic E-state index is 0.108. The number of H-pyrrole nitrogens is 1. The number of hydrogen-bond donors (Lipinski definition) is 2. The van der Waals surface area contributed by atoms with Crippen LogP contribution in [0.15, 0.2) is 24.4 Å². The first kappa shape index (κ1) is 13.1. The van der Waals surface area contributed by atoms with Crippen molar-refractivity contribution >= 4 is 11.6 Å². The second kappa shape index (κ2) is 4.71. The first-order chi connectivity index (χ1) is 8.44. The number of nitrogens with zero attached hydrogens (tertiary/aromatic N) is 1. The van der Waals surface area contributed by atoms with E-state index in [1.807, 2.05) is 20.9 Å². The maximum absolute atomic E-state index is 13.1. The van der Waals surface area contributed by atoms with Crippen molar-refractivity contribution in [2.24, 2.45) is 0 Å². The van der Waals surface area contributed by atoms with Gasteiger partial charge in [0.25, 0.3) is 0 Å². The van der Waals surface area contributed by atoms with Gasteiger partial charge in [-0.2, -0.15) is 0 Å². The van der Waals surface area contributed by atoms with Gasteiger partial charge in [-0.15, -0.1) is 0 Å². The topological polar surface area (TPSA) is 40.7 Å². The van der Waals surface area contributed by atoms with Crippen molar-refractivity contribution in [2.45, 2.75) is 19.4 Å². The molecule has 1 aromatic carbocycles. The van der Waals surface area contributed by atoms with Gasteiger partial charge >= 0.3 is 0 Å². The van der Waals surface area contributed by atoms with Crippen LogP contribution < -0.4 is 5.32 Å². The molecule has 1 aromatic heterocycles. The number of benzene rings is 1. The molecular formula is C13H15ClFN3. The normalized spacial score (nSPS) is 11.8. The standard InChI is InChI=1S/C13H15ClFN3/c1-13(2,16-3)12-17-7-11(18-12)8-4-5-10(15)9(14)6-8/h4-7,16H,1-3H3,(H,17,18). The highest BCUT2D eigenvalue weighted by Crippen LogP contribution is 2.25. The summed E-state index contributed by atoms with van der Waals surface area (Å²) in [7, 11) is 1.87. The van der Waals surface area contributed by atoms with Gasteiger partial charge in [0.1, 0.15) is 11.6 Å². The summed E-state index contributed by atoms with van der Waals surface area (Å²) in [5, 5.41) is 3.27. The molecule has 0 bridgehead atoms. The summed E-state index contributed by atoms with van der Waals surface area (Å²) in [6.45, 7) is 4.04. The first-order valence-corrected chi connectivity index (χ1v) is 6.01. The van der Waals surface area contributed by atoms with Crippen LogP contribution in [0.2, 0.25) is 5.02 Å². The highest BCUT2D eigenvalue weighted by molar-refractivity contribution is 6.31. The quantitative estimate of drug-likeness (QED) is 0.896. The summed E-state index contributed by atoms with van der Waals surface area (Å²) in [6, 6.07) is 4.60. The lowest BCUT2D eigenvalue weighted by Crippen LogP contribution is -2.34. The Hall–Kier alpha value is -1.39. The molecule has 0 saturated heterocycles. The van der Waals surface area contributed by atoms with Crippen molar-refractivity contribution in [3.63, 3.8) is 0 Å². The van der Waals surface area contributed by atoms with Gasteiger partial charge in [-0.05, 0) is 39.1 Å². The van der Waals surface area contributed by atoms with Gasteiger partial charge in [0, 0.05) is 5.56 Å². The third-order valence-electron chi connectivity index (χ3n) is 3.02. The number of hydrogen-bond acceptors (Lipinski definition) is 2. The van der Waals surface area contributed by atoms with E-state index >= 15 is 0 Å². The van der Waals surface area contributed by atoms with Crippen LogP contribution in [-0.4, -0.2) is 17.0 Å². The fourth-order valence-electron chi connectivity index (χ4n) is 1.57. The average molecular weight is 268 g/mol. The molecule has 0 aliphatic rings. The van der Waals surface area contributed by atoms with E-state index in [4.69, 9.17) is 11.6 Å². The largest absolute Gasteiger partial charge is 0.340 e. The van der Waals surface area contributed by atoms with Crippen LogP contribution in [0.5, 0.6) is 0 Å². The number of aromatic amines is 1. The summed E-state index contributed by atoms with van der Waals surface area (Å²) in [5.41, 5.74) is 1.38. The highest BCUT2D eigenvalue weighted by atomic mass is 35.5. The molecule has 0 radical (unpaired) electrons. The Morgan fingerprint density at radius 3 is 2.72 bits per heavy atom. The number of imidazole rings is 1. The van der Waals surface area contributed by atoms with Gasteiger partial charge in [-0.3, -0.25) is 0 Å². The van der Waals surface area contributed by atoms with E-state index in [2.05, 4.69) is 15.3 Å². The summed E-state index contributed by atoms with van der Waals surface area (Å²) >= 11 is 5.77. The molecule has 0 aliphatic heterocycles. The number of rotatable bonds is 3. The van der Waals surface area contributed by atoms with Crippen LogP contribution in [0.25, 0.3) is 11.3 Å². The molecule has 18 heavy (non-hydrogen) atoms. The van der Waals surface area contributed by atoms with E-state index in [0.717, 1.165) is 17.1 Å². The van der Waals surface area contributed by atoms with Crippen molar-refractivity contribution in [1.82, 2.24) is 15.3 Å². The zero-order chi connectivity index (χ0) is 13.3. The van der Waals surface area contributed by atoms with Gasteiger partial charge in [0.15, 0.2) is 0 Å². The minimum Gasteiger partial charge on any atom is -0.340 e.